The number of carbonyl (C=O) groups excluding carboxylic acids is 1. The third-order valence-corrected chi connectivity index (χ3v) is 3.27. The van der Waals surface area contributed by atoms with Gasteiger partial charge in [0.2, 0.25) is 5.91 Å². The summed E-state index contributed by atoms with van der Waals surface area (Å²) in [4.78, 5) is 16.5. The molecule has 4 heteroatoms. The fourth-order valence-electron chi connectivity index (χ4n) is 1.78. The molecule has 0 bridgehead atoms. The first kappa shape index (κ1) is 11.6. The van der Waals surface area contributed by atoms with Gasteiger partial charge in [0.15, 0.2) is 0 Å². The van der Waals surface area contributed by atoms with E-state index in [1.165, 1.54) is 5.56 Å². The lowest BCUT2D eigenvalue weighted by Gasteiger charge is -2.03. The van der Waals surface area contributed by atoms with Crippen LogP contribution < -0.4 is 5.48 Å². The third kappa shape index (κ3) is 2.62. The van der Waals surface area contributed by atoms with Gasteiger partial charge in [-0.1, -0.05) is 28.1 Å². The Morgan fingerprint density at radius 2 is 2.19 bits per heavy atom. The number of amides is 1. The first-order chi connectivity index (χ1) is 7.72. The van der Waals surface area contributed by atoms with Crippen molar-refractivity contribution in [3.05, 3.63) is 34.3 Å². The first-order valence-electron chi connectivity index (χ1n) is 5.39. The zero-order chi connectivity index (χ0) is 11.5. The smallest absolute Gasteiger partial charge is 0.247 e. The Morgan fingerprint density at radius 1 is 1.50 bits per heavy atom. The van der Waals surface area contributed by atoms with Gasteiger partial charge in [0.1, 0.15) is 0 Å². The fourth-order valence-corrected chi connectivity index (χ4v) is 2.05. The van der Waals surface area contributed by atoms with Crippen LogP contribution in [0.2, 0.25) is 0 Å². The first-order valence-corrected chi connectivity index (χ1v) is 6.18. The Labute approximate surface area is 103 Å². The normalized spacial score (nSPS) is 22.9. The van der Waals surface area contributed by atoms with Crippen LogP contribution in [0.1, 0.15) is 24.8 Å². The molecule has 0 unspecified atom stereocenters. The molecular weight excluding hydrogens is 270 g/mol. The molecule has 1 fully saturated rings. The van der Waals surface area contributed by atoms with Crippen LogP contribution in [0.4, 0.5) is 0 Å². The molecule has 0 heterocycles. The minimum absolute atomic E-state index is 0.00484. The summed E-state index contributed by atoms with van der Waals surface area (Å²) in [6.07, 6.45) is 0.917. The van der Waals surface area contributed by atoms with Crippen molar-refractivity contribution in [2.24, 2.45) is 5.92 Å². The Bertz CT molecular complexity index is 377. The second kappa shape index (κ2) is 4.97. The molecule has 1 aliphatic carbocycles. The predicted octanol–water partition coefficient (Wildman–Crippen LogP) is 2.62. The van der Waals surface area contributed by atoms with Crippen LogP contribution in [-0.2, 0) is 9.63 Å². The minimum Gasteiger partial charge on any atom is -0.274 e. The van der Waals surface area contributed by atoms with Crippen LogP contribution in [0.5, 0.6) is 0 Å². The number of rotatable bonds is 4. The number of hydrogen-bond donors (Lipinski definition) is 1. The average Bonchev–Trinajstić information content (AvgIpc) is 3.07. The molecule has 0 aromatic heterocycles. The van der Waals surface area contributed by atoms with Crippen LogP contribution in [0, 0.1) is 5.92 Å². The standard InChI is InChI=1S/C12H14BrNO2/c1-2-16-14-12(15)11-7-10(11)8-3-5-9(13)6-4-8/h3-6,10-11H,2,7H2,1H3,(H,14,15)/t10-,11-/m1/s1. The van der Waals surface area contributed by atoms with E-state index < -0.39 is 0 Å². The molecule has 1 saturated carbocycles. The van der Waals surface area contributed by atoms with E-state index in [4.69, 9.17) is 4.84 Å². The van der Waals surface area contributed by atoms with E-state index in [0.29, 0.717) is 12.5 Å². The molecule has 2 rings (SSSR count). The number of benzene rings is 1. The molecule has 1 N–H and O–H groups in total. The molecule has 1 aromatic rings. The summed E-state index contributed by atoms with van der Waals surface area (Å²) >= 11 is 3.39. The molecule has 1 amide bonds. The Hall–Kier alpha value is -0.870. The van der Waals surface area contributed by atoms with Gasteiger partial charge in [0.25, 0.3) is 0 Å². The van der Waals surface area contributed by atoms with Crippen LogP contribution >= 0.6 is 15.9 Å². The van der Waals surface area contributed by atoms with E-state index in [-0.39, 0.29) is 11.8 Å². The number of nitrogens with one attached hydrogen (secondary N) is 1. The maximum absolute atomic E-state index is 11.6. The third-order valence-electron chi connectivity index (χ3n) is 2.74. The molecule has 16 heavy (non-hydrogen) atoms. The molecule has 0 saturated heterocycles. The van der Waals surface area contributed by atoms with E-state index in [1.807, 2.05) is 19.1 Å². The van der Waals surface area contributed by atoms with E-state index in [2.05, 4.69) is 33.5 Å². The Balaban J connectivity index is 1.91. The minimum atomic E-state index is -0.00484. The summed E-state index contributed by atoms with van der Waals surface area (Å²) in [7, 11) is 0. The SMILES string of the molecule is CCONC(=O)[C@@H]1C[C@@H]1c1ccc(Br)cc1. The van der Waals surface area contributed by atoms with Gasteiger partial charge in [0, 0.05) is 10.4 Å². The quantitative estimate of drug-likeness (QED) is 0.863. The second-order valence-corrected chi connectivity index (χ2v) is 4.82. The van der Waals surface area contributed by atoms with Gasteiger partial charge in [-0.15, -0.1) is 0 Å². The zero-order valence-electron chi connectivity index (χ0n) is 9.07. The summed E-state index contributed by atoms with van der Waals surface area (Å²) in [5.74, 6) is 0.427. The van der Waals surface area contributed by atoms with Crippen molar-refractivity contribution in [3.8, 4) is 0 Å². The van der Waals surface area contributed by atoms with Crippen molar-refractivity contribution < 1.29 is 9.63 Å². The number of carbonyl (C=O) groups is 1. The molecular formula is C12H14BrNO2. The number of hydroxylamine groups is 1. The molecule has 0 spiro atoms. The van der Waals surface area contributed by atoms with Crippen LogP contribution in [0.15, 0.2) is 28.7 Å². The number of hydrogen-bond acceptors (Lipinski definition) is 2. The van der Waals surface area contributed by atoms with Crippen molar-refractivity contribution in [1.82, 2.24) is 5.48 Å². The lowest BCUT2D eigenvalue weighted by molar-refractivity contribution is -0.134. The maximum atomic E-state index is 11.6. The summed E-state index contributed by atoms with van der Waals surface area (Å²) in [5, 5.41) is 0. The second-order valence-electron chi connectivity index (χ2n) is 3.90. The molecule has 86 valence electrons. The van der Waals surface area contributed by atoms with Gasteiger partial charge in [-0.25, -0.2) is 5.48 Å². The predicted molar refractivity (Wildman–Crippen MR) is 64.8 cm³/mol. The molecule has 3 nitrogen and oxygen atoms in total. The van der Waals surface area contributed by atoms with Crippen molar-refractivity contribution in [2.45, 2.75) is 19.3 Å². The summed E-state index contributed by atoms with van der Waals surface area (Å²) < 4.78 is 1.06. The lowest BCUT2D eigenvalue weighted by atomic mass is 10.1. The highest BCUT2D eigenvalue weighted by atomic mass is 79.9. The van der Waals surface area contributed by atoms with Crippen molar-refractivity contribution in [1.29, 1.82) is 0 Å². The molecule has 1 aliphatic rings. The average molecular weight is 284 g/mol. The monoisotopic (exact) mass is 283 g/mol. The maximum Gasteiger partial charge on any atom is 0.247 e. The van der Waals surface area contributed by atoms with Gasteiger partial charge < -0.3 is 0 Å². The van der Waals surface area contributed by atoms with E-state index >= 15 is 0 Å². The largest absolute Gasteiger partial charge is 0.274 e. The topological polar surface area (TPSA) is 38.3 Å². The van der Waals surface area contributed by atoms with Gasteiger partial charge in [0.05, 0.1) is 6.61 Å². The van der Waals surface area contributed by atoms with Crippen LogP contribution in [0.25, 0.3) is 0 Å². The summed E-state index contributed by atoms with van der Waals surface area (Å²) in [5.41, 5.74) is 3.68. The van der Waals surface area contributed by atoms with E-state index in [0.717, 1.165) is 10.9 Å². The zero-order valence-corrected chi connectivity index (χ0v) is 10.7. The number of halogens is 1. The van der Waals surface area contributed by atoms with E-state index in [9.17, 15) is 4.79 Å². The Kier molecular flexibility index (Phi) is 3.61. The van der Waals surface area contributed by atoms with Crippen molar-refractivity contribution in [3.63, 3.8) is 0 Å². The van der Waals surface area contributed by atoms with Gasteiger partial charge in [-0.2, -0.15) is 0 Å². The van der Waals surface area contributed by atoms with Crippen LogP contribution in [0.3, 0.4) is 0 Å². The highest BCUT2D eigenvalue weighted by Crippen LogP contribution is 2.47. The van der Waals surface area contributed by atoms with Gasteiger partial charge in [-0.3, -0.25) is 9.63 Å². The molecule has 2 atom stereocenters. The Morgan fingerprint density at radius 3 is 2.81 bits per heavy atom. The highest BCUT2D eigenvalue weighted by Gasteiger charge is 2.43. The van der Waals surface area contributed by atoms with Crippen molar-refractivity contribution >= 4 is 21.8 Å². The molecule has 0 radical (unpaired) electrons. The van der Waals surface area contributed by atoms with Crippen molar-refractivity contribution in [2.75, 3.05) is 6.61 Å². The fraction of sp³-hybridized carbons (Fsp3) is 0.417. The molecule has 1 aromatic carbocycles. The van der Waals surface area contributed by atoms with Gasteiger partial charge >= 0.3 is 0 Å². The summed E-state index contributed by atoms with van der Waals surface area (Å²) in [6, 6.07) is 8.13. The summed E-state index contributed by atoms with van der Waals surface area (Å²) in [6.45, 7) is 2.35. The molecule has 0 aliphatic heterocycles. The lowest BCUT2D eigenvalue weighted by Crippen LogP contribution is -2.25. The van der Waals surface area contributed by atoms with E-state index in [1.54, 1.807) is 0 Å². The van der Waals surface area contributed by atoms with Crippen LogP contribution in [-0.4, -0.2) is 12.5 Å². The van der Waals surface area contributed by atoms with Gasteiger partial charge in [-0.05, 0) is 37.0 Å². The highest BCUT2D eigenvalue weighted by molar-refractivity contribution is 9.10.